The van der Waals surface area contributed by atoms with Gasteiger partial charge in [0.15, 0.2) is 17.3 Å². The maximum absolute atomic E-state index is 14.3. The van der Waals surface area contributed by atoms with Crippen molar-refractivity contribution < 1.29 is 23.9 Å². The number of ether oxygens (including phenoxy) is 1. The molecule has 0 aromatic rings. The number of allylic oxidation sites excluding steroid dienone is 3. The molecular weight excluding hydrogens is 725 g/mol. The molecule has 3 N–H and O–H groups in total. The topological polar surface area (TPSA) is 117 Å². The van der Waals surface area contributed by atoms with E-state index in [0.29, 0.717) is 39.0 Å². The number of carbonyl (C=O) groups excluding carboxylic acids is 4. The fraction of sp³-hybridized carbons (Fsp3) is 0.837. The van der Waals surface area contributed by atoms with Gasteiger partial charge >= 0.3 is 6.09 Å². The summed E-state index contributed by atoms with van der Waals surface area (Å²) in [7, 11) is 0. The van der Waals surface area contributed by atoms with Gasteiger partial charge in [-0.25, -0.2) is 4.79 Å². The standard InChI is InChI=1S/C49H90N4O5/c1-41(2,3)37(54)47(19,50-44(10,11)12)30-26-23-24-28-32-48(51-45(13,14)15,38(55)42(4,5)6)31-27-22-20-21-25-29-35-58-40(57)53-34-33-49(36-53,52-46(16,17)18)39(56)43(7,8)9/h20-21,23,26,50-52H,22,24-25,27-36H2,1-19H3/b21-20+,26-23+/t47-,48?,49+/m1/s1. The number of amides is 1. The third-order valence-electron chi connectivity index (χ3n) is 10.4. The maximum atomic E-state index is 14.3. The highest BCUT2D eigenvalue weighted by Crippen LogP contribution is 2.35. The first-order chi connectivity index (χ1) is 26.0. The van der Waals surface area contributed by atoms with Crippen LogP contribution in [-0.4, -0.2) is 81.3 Å². The fourth-order valence-electron chi connectivity index (χ4n) is 8.74. The van der Waals surface area contributed by atoms with Crippen LogP contribution in [-0.2, 0) is 19.1 Å². The summed E-state index contributed by atoms with van der Waals surface area (Å²) in [6, 6.07) is 0. The van der Waals surface area contributed by atoms with Crippen molar-refractivity contribution in [3.05, 3.63) is 24.3 Å². The molecule has 1 amide bonds. The van der Waals surface area contributed by atoms with Crippen LogP contribution in [0.25, 0.3) is 0 Å². The Morgan fingerprint density at radius 1 is 0.586 bits per heavy atom. The molecule has 9 heteroatoms. The van der Waals surface area contributed by atoms with Gasteiger partial charge in [-0.15, -0.1) is 0 Å². The van der Waals surface area contributed by atoms with Crippen LogP contribution < -0.4 is 16.0 Å². The third kappa shape index (κ3) is 18.1. The molecule has 9 nitrogen and oxygen atoms in total. The van der Waals surface area contributed by atoms with Crippen molar-refractivity contribution in [2.24, 2.45) is 16.2 Å². The summed E-state index contributed by atoms with van der Waals surface area (Å²) in [5.41, 5.74) is -4.35. The van der Waals surface area contributed by atoms with Gasteiger partial charge in [-0.05, 0) is 133 Å². The molecule has 0 spiro atoms. The van der Waals surface area contributed by atoms with Gasteiger partial charge in [-0.2, -0.15) is 0 Å². The Morgan fingerprint density at radius 3 is 1.48 bits per heavy atom. The lowest BCUT2D eigenvalue weighted by molar-refractivity contribution is -0.135. The SMILES string of the molecule is CC(C)(C)NC(CCC/C=C/CCCOC(=O)N1CC[C@@](NC(C)(C)C)(C(=O)C(C)(C)C)C1)(CCC/C=C/C[C@@](C)(NC(C)(C)C)C(=O)C(C)(C)C)C(=O)C(C)(C)C. The molecule has 336 valence electrons. The van der Waals surface area contributed by atoms with Gasteiger partial charge in [0.05, 0.1) is 23.2 Å². The highest BCUT2D eigenvalue weighted by Gasteiger charge is 2.51. The van der Waals surface area contributed by atoms with Gasteiger partial charge < -0.3 is 20.3 Å². The van der Waals surface area contributed by atoms with E-state index in [9.17, 15) is 19.2 Å². The quantitative estimate of drug-likeness (QED) is 0.0822. The Labute approximate surface area is 356 Å². The van der Waals surface area contributed by atoms with Gasteiger partial charge in [0.2, 0.25) is 0 Å². The smallest absolute Gasteiger partial charge is 0.409 e. The first-order valence-electron chi connectivity index (χ1n) is 22.2. The van der Waals surface area contributed by atoms with Gasteiger partial charge in [0, 0.05) is 46.0 Å². The summed E-state index contributed by atoms with van der Waals surface area (Å²) < 4.78 is 5.66. The Morgan fingerprint density at radius 2 is 1.05 bits per heavy atom. The maximum Gasteiger partial charge on any atom is 0.409 e. The average molecular weight is 815 g/mol. The van der Waals surface area contributed by atoms with Gasteiger partial charge in [-0.1, -0.05) is 86.6 Å². The van der Waals surface area contributed by atoms with Crippen LogP contribution in [0.3, 0.4) is 0 Å². The van der Waals surface area contributed by atoms with Gasteiger partial charge in [-0.3, -0.25) is 19.7 Å². The number of nitrogens with one attached hydrogen (secondary N) is 3. The normalized spacial score (nSPS) is 19.7. The van der Waals surface area contributed by atoms with E-state index in [1.54, 1.807) is 4.90 Å². The number of rotatable bonds is 20. The summed E-state index contributed by atoms with van der Waals surface area (Å²) in [4.78, 5) is 56.0. The molecule has 3 atom stereocenters. The molecule has 0 bridgehead atoms. The second-order valence-electron chi connectivity index (χ2n) is 23.7. The van der Waals surface area contributed by atoms with E-state index in [2.05, 4.69) is 81.8 Å². The van der Waals surface area contributed by atoms with Gasteiger partial charge in [0.25, 0.3) is 0 Å². The number of Topliss-reactive ketones (excluding diaryl/α,β-unsaturated/α-hetero) is 3. The van der Waals surface area contributed by atoms with Crippen LogP contribution in [0.15, 0.2) is 24.3 Å². The highest BCUT2D eigenvalue weighted by molar-refractivity contribution is 5.94. The Bertz CT molecular complexity index is 1420. The summed E-state index contributed by atoms with van der Waals surface area (Å²) >= 11 is 0. The molecule has 1 heterocycles. The number of hydrogen-bond donors (Lipinski definition) is 3. The van der Waals surface area contributed by atoms with Crippen LogP contribution in [0, 0.1) is 16.2 Å². The molecular formula is C49H90N4O5. The number of likely N-dealkylation sites (tertiary alicyclic amines) is 1. The minimum absolute atomic E-state index is 0.121. The molecule has 1 saturated heterocycles. The molecule has 0 aromatic heterocycles. The number of unbranched alkanes of at least 4 members (excludes halogenated alkanes) is 3. The number of carbonyl (C=O) groups is 4. The van der Waals surface area contributed by atoms with E-state index in [4.69, 9.17) is 4.74 Å². The molecule has 0 radical (unpaired) electrons. The number of hydrogen-bond acceptors (Lipinski definition) is 8. The van der Waals surface area contributed by atoms with Crippen LogP contribution in [0.5, 0.6) is 0 Å². The second kappa shape index (κ2) is 20.5. The third-order valence-corrected chi connectivity index (χ3v) is 10.4. The monoisotopic (exact) mass is 815 g/mol. The molecule has 1 rings (SSSR count). The number of nitrogens with zero attached hydrogens (tertiary/aromatic N) is 1. The van der Waals surface area contributed by atoms with Gasteiger partial charge in [0.1, 0.15) is 0 Å². The van der Waals surface area contributed by atoms with E-state index in [1.165, 1.54) is 0 Å². The highest BCUT2D eigenvalue weighted by atomic mass is 16.6. The van der Waals surface area contributed by atoms with Crippen LogP contribution in [0.2, 0.25) is 0 Å². The fourth-order valence-corrected chi connectivity index (χ4v) is 8.74. The van der Waals surface area contributed by atoms with E-state index in [-0.39, 0.29) is 40.1 Å². The molecule has 1 aliphatic rings. The Balaban J connectivity index is 2.87. The van der Waals surface area contributed by atoms with Crippen molar-refractivity contribution >= 4 is 23.4 Å². The minimum atomic E-state index is -0.784. The zero-order valence-corrected chi connectivity index (χ0v) is 41.0. The summed E-state index contributed by atoms with van der Waals surface area (Å²) in [6.45, 7) is 39.8. The second-order valence-corrected chi connectivity index (χ2v) is 23.7. The molecule has 1 fully saturated rings. The van der Waals surface area contributed by atoms with E-state index >= 15 is 0 Å². The lowest BCUT2D eigenvalue weighted by Gasteiger charge is -2.43. The Hall–Kier alpha value is -2.36. The lowest BCUT2D eigenvalue weighted by atomic mass is 9.72. The molecule has 0 aliphatic carbocycles. The summed E-state index contributed by atoms with van der Waals surface area (Å²) in [5, 5.41) is 10.9. The van der Waals surface area contributed by atoms with Crippen molar-refractivity contribution in [3.8, 4) is 0 Å². The molecule has 0 saturated carbocycles. The van der Waals surface area contributed by atoms with Crippen molar-refractivity contribution in [2.45, 2.75) is 229 Å². The summed E-state index contributed by atoms with van der Waals surface area (Å²) in [5.74, 6) is 0.566. The van der Waals surface area contributed by atoms with Crippen LogP contribution in [0.4, 0.5) is 4.79 Å². The zero-order valence-electron chi connectivity index (χ0n) is 41.0. The Kier molecular flexibility index (Phi) is 18.9. The summed E-state index contributed by atoms with van der Waals surface area (Å²) in [6.07, 6.45) is 15.8. The first-order valence-corrected chi connectivity index (χ1v) is 22.2. The minimum Gasteiger partial charge on any atom is -0.449 e. The number of ketones is 3. The first kappa shape index (κ1) is 53.7. The molecule has 58 heavy (non-hydrogen) atoms. The average Bonchev–Trinajstić information content (AvgIpc) is 3.44. The zero-order chi connectivity index (χ0) is 45.2. The molecule has 1 unspecified atom stereocenters. The predicted octanol–water partition coefficient (Wildman–Crippen LogP) is 10.7. The predicted molar refractivity (Wildman–Crippen MR) is 243 cm³/mol. The van der Waals surface area contributed by atoms with Crippen molar-refractivity contribution in [1.82, 2.24) is 20.9 Å². The van der Waals surface area contributed by atoms with E-state index < -0.39 is 32.9 Å². The molecule has 0 aromatic carbocycles. The molecule has 1 aliphatic heterocycles. The van der Waals surface area contributed by atoms with Crippen LogP contribution >= 0.6 is 0 Å². The van der Waals surface area contributed by atoms with Crippen molar-refractivity contribution in [1.29, 1.82) is 0 Å². The van der Waals surface area contributed by atoms with E-state index in [0.717, 1.165) is 44.9 Å². The van der Waals surface area contributed by atoms with Crippen molar-refractivity contribution in [2.75, 3.05) is 19.7 Å². The van der Waals surface area contributed by atoms with E-state index in [1.807, 2.05) is 90.0 Å². The van der Waals surface area contributed by atoms with Crippen molar-refractivity contribution in [3.63, 3.8) is 0 Å². The van der Waals surface area contributed by atoms with Crippen LogP contribution in [0.1, 0.15) is 196 Å². The lowest BCUT2D eigenvalue weighted by Crippen LogP contribution is -2.63. The largest absolute Gasteiger partial charge is 0.449 e.